The van der Waals surface area contributed by atoms with Crippen LogP contribution in [0.3, 0.4) is 0 Å². The minimum atomic E-state index is -0.299. The van der Waals surface area contributed by atoms with Crippen LogP contribution in [0.5, 0.6) is 0 Å². The van der Waals surface area contributed by atoms with E-state index in [0.29, 0.717) is 37.0 Å². The molecule has 7 heteroatoms. The summed E-state index contributed by atoms with van der Waals surface area (Å²) in [6, 6.07) is 10.5. The van der Waals surface area contributed by atoms with E-state index in [-0.39, 0.29) is 17.4 Å². The highest BCUT2D eigenvalue weighted by atomic mass is 19.1. The minimum Gasteiger partial charge on any atom is -0.447 e. The van der Waals surface area contributed by atoms with Gasteiger partial charge in [0.2, 0.25) is 5.89 Å². The van der Waals surface area contributed by atoms with Crippen LogP contribution in [0.15, 0.2) is 59.5 Å². The summed E-state index contributed by atoms with van der Waals surface area (Å²) in [7, 11) is 0. The second-order valence-electron chi connectivity index (χ2n) is 7.37. The van der Waals surface area contributed by atoms with E-state index in [2.05, 4.69) is 20.2 Å². The summed E-state index contributed by atoms with van der Waals surface area (Å²) >= 11 is 0. The zero-order chi connectivity index (χ0) is 20.1. The van der Waals surface area contributed by atoms with Crippen molar-refractivity contribution in [2.75, 3.05) is 6.54 Å². The number of nitrogens with one attached hydrogen (secondary N) is 1. The number of benzene rings is 1. The molecule has 1 aliphatic carbocycles. The van der Waals surface area contributed by atoms with Crippen molar-refractivity contribution in [2.45, 2.75) is 32.5 Å². The van der Waals surface area contributed by atoms with Crippen LogP contribution in [0.4, 0.5) is 4.39 Å². The summed E-state index contributed by atoms with van der Waals surface area (Å²) in [5.74, 6) is 0.579. The molecule has 1 amide bonds. The zero-order valence-corrected chi connectivity index (χ0v) is 16.1. The molecule has 0 bridgehead atoms. The summed E-state index contributed by atoms with van der Waals surface area (Å²) in [6.45, 7) is 2.14. The third-order valence-electron chi connectivity index (χ3n) is 4.88. The Bertz CT molecular complexity index is 956. The smallest absolute Gasteiger partial charge is 0.273 e. The molecule has 0 spiro atoms. The number of aromatic nitrogens is 2. The summed E-state index contributed by atoms with van der Waals surface area (Å²) in [4.78, 5) is 22.8. The van der Waals surface area contributed by atoms with Crippen LogP contribution in [0.2, 0.25) is 0 Å². The second-order valence-corrected chi connectivity index (χ2v) is 7.37. The van der Waals surface area contributed by atoms with E-state index in [1.807, 2.05) is 18.2 Å². The number of pyridine rings is 1. The standard InChI is InChI=1S/C22H23FN4O2/c23-19-6-2-1-5-18(19)13-27(12-16-7-8-16)14-21-26-20(15-29-21)22(28)25-11-17-4-3-9-24-10-17/h1-6,9-10,15-16H,7-8,11-14H2,(H,25,28). The molecule has 0 unspecified atom stereocenters. The lowest BCUT2D eigenvalue weighted by molar-refractivity contribution is 0.0945. The molecule has 29 heavy (non-hydrogen) atoms. The summed E-state index contributed by atoms with van der Waals surface area (Å²) in [5.41, 5.74) is 1.79. The van der Waals surface area contributed by atoms with Crippen LogP contribution < -0.4 is 5.32 Å². The molecular formula is C22H23FN4O2. The highest BCUT2D eigenvalue weighted by Gasteiger charge is 2.26. The molecule has 4 rings (SSSR count). The van der Waals surface area contributed by atoms with Crippen LogP contribution in [0.25, 0.3) is 0 Å². The molecule has 0 aliphatic heterocycles. The zero-order valence-electron chi connectivity index (χ0n) is 16.1. The number of halogens is 1. The third kappa shape index (κ3) is 5.48. The van der Waals surface area contributed by atoms with Gasteiger partial charge in [0.15, 0.2) is 5.69 Å². The molecule has 0 radical (unpaired) electrons. The highest BCUT2D eigenvalue weighted by molar-refractivity contribution is 5.91. The van der Waals surface area contributed by atoms with Crippen molar-refractivity contribution in [2.24, 2.45) is 5.92 Å². The Morgan fingerprint density at radius 2 is 2.07 bits per heavy atom. The van der Waals surface area contributed by atoms with Crippen LogP contribution in [0, 0.1) is 11.7 Å². The first kappa shape index (κ1) is 19.3. The first-order chi connectivity index (χ1) is 14.2. The molecule has 1 fully saturated rings. The molecular weight excluding hydrogens is 371 g/mol. The van der Waals surface area contributed by atoms with Crippen molar-refractivity contribution >= 4 is 5.91 Å². The molecule has 1 N–H and O–H groups in total. The van der Waals surface area contributed by atoms with Gasteiger partial charge in [-0.25, -0.2) is 9.37 Å². The molecule has 6 nitrogen and oxygen atoms in total. The van der Waals surface area contributed by atoms with Crippen LogP contribution in [0.1, 0.15) is 40.3 Å². The van der Waals surface area contributed by atoms with Gasteiger partial charge in [-0.2, -0.15) is 0 Å². The number of oxazole rings is 1. The van der Waals surface area contributed by atoms with Gasteiger partial charge in [0.1, 0.15) is 12.1 Å². The van der Waals surface area contributed by atoms with E-state index in [1.54, 1.807) is 24.5 Å². The van der Waals surface area contributed by atoms with E-state index < -0.39 is 0 Å². The van der Waals surface area contributed by atoms with Crippen molar-refractivity contribution in [3.63, 3.8) is 0 Å². The first-order valence-electron chi connectivity index (χ1n) is 9.74. The Balaban J connectivity index is 1.37. The van der Waals surface area contributed by atoms with Gasteiger partial charge >= 0.3 is 0 Å². The number of hydrogen-bond donors (Lipinski definition) is 1. The predicted octanol–water partition coefficient (Wildman–Crippen LogP) is 3.55. The predicted molar refractivity (Wildman–Crippen MR) is 105 cm³/mol. The molecule has 1 saturated carbocycles. The number of rotatable bonds is 9. The number of nitrogens with zero attached hydrogens (tertiary/aromatic N) is 3. The van der Waals surface area contributed by atoms with Crippen molar-refractivity contribution in [3.05, 3.63) is 83.6 Å². The maximum atomic E-state index is 14.1. The second kappa shape index (κ2) is 8.96. The van der Waals surface area contributed by atoms with Crippen LogP contribution >= 0.6 is 0 Å². The lowest BCUT2D eigenvalue weighted by Gasteiger charge is -2.20. The van der Waals surface area contributed by atoms with E-state index >= 15 is 0 Å². The van der Waals surface area contributed by atoms with Crippen molar-refractivity contribution < 1.29 is 13.6 Å². The first-order valence-corrected chi connectivity index (χ1v) is 9.74. The van der Waals surface area contributed by atoms with E-state index in [1.165, 1.54) is 25.2 Å². The SMILES string of the molecule is O=C(NCc1cccnc1)c1coc(CN(Cc2ccccc2F)CC2CC2)n1. The fourth-order valence-electron chi connectivity index (χ4n) is 3.17. The Hall–Kier alpha value is -3.06. The Kier molecular flexibility index (Phi) is 5.95. The molecule has 3 aromatic rings. The number of carbonyl (C=O) groups excluding carboxylic acids is 1. The largest absolute Gasteiger partial charge is 0.447 e. The maximum absolute atomic E-state index is 14.1. The Morgan fingerprint density at radius 1 is 1.21 bits per heavy atom. The van der Waals surface area contributed by atoms with Crippen LogP contribution in [-0.4, -0.2) is 27.3 Å². The van der Waals surface area contributed by atoms with E-state index in [0.717, 1.165) is 12.1 Å². The summed E-state index contributed by atoms with van der Waals surface area (Å²) in [6.07, 6.45) is 7.14. The van der Waals surface area contributed by atoms with Gasteiger partial charge in [-0.1, -0.05) is 24.3 Å². The third-order valence-corrected chi connectivity index (χ3v) is 4.88. The molecule has 1 aromatic carbocycles. The van der Waals surface area contributed by atoms with E-state index in [9.17, 15) is 9.18 Å². The number of amides is 1. The van der Waals surface area contributed by atoms with Gasteiger partial charge in [0, 0.05) is 37.6 Å². The van der Waals surface area contributed by atoms with Gasteiger partial charge in [0.25, 0.3) is 5.91 Å². The van der Waals surface area contributed by atoms with Gasteiger partial charge < -0.3 is 9.73 Å². The Morgan fingerprint density at radius 3 is 2.83 bits per heavy atom. The maximum Gasteiger partial charge on any atom is 0.273 e. The molecule has 0 atom stereocenters. The molecule has 1 aliphatic rings. The average molecular weight is 394 g/mol. The fourth-order valence-corrected chi connectivity index (χ4v) is 3.17. The van der Waals surface area contributed by atoms with Gasteiger partial charge in [-0.3, -0.25) is 14.7 Å². The van der Waals surface area contributed by atoms with E-state index in [4.69, 9.17) is 4.42 Å². The summed E-state index contributed by atoms with van der Waals surface area (Å²) < 4.78 is 19.6. The normalized spacial score (nSPS) is 13.6. The highest BCUT2D eigenvalue weighted by Crippen LogP contribution is 2.30. The van der Waals surface area contributed by atoms with Crippen LogP contribution in [-0.2, 0) is 19.6 Å². The molecule has 0 saturated heterocycles. The Labute approximate surface area is 168 Å². The lowest BCUT2D eigenvalue weighted by Crippen LogP contribution is -2.26. The van der Waals surface area contributed by atoms with Gasteiger partial charge in [-0.15, -0.1) is 0 Å². The molecule has 2 aromatic heterocycles. The fraction of sp³-hybridized carbons (Fsp3) is 0.318. The van der Waals surface area contributed by atoms with Crippen molar-refractivity contribution in [3.8, 4) is 0 Å². The average Bonchev–Trinajstić information content (AvgIpc) is 3.43. The number of hydrogen-bond acceptors (Lipinski definition) is 5. The molecule has 2 heterocycles. The van der Waals surface area contributed by atoms with Gasteiger partial charge in [0.05, 0.1) is 6.54 Å². The monoisotopic (exact) mass is 394 g/mol. The lowest BCUT2D eigenvalue weighted by atomic mass is 10.2. The quantitative estimate of drug-likeness (QED) is 0.601. The van der Waals surface area contributed by atoms with Gasteiger partial charge in [-0.05, 0) is 36.5 Å². The van der Waals surface area contributed by atoms with Crippen molar-refractivity contribution in [1.29, 1.82) is 0 Å². The number of carbonyl (C=O) groups is 1. The van der Waals surface area contributed by atoms with Crippen molar-refractivity contribution in [1.82, 2.24) is 20.2 Å². The minimum absolute atomic E-state index is 0.212. The summed E-state index contributed by atoms with van der Waals surface area (Å²) in [5, 5.41) is 2.81. The molecule has 150 valence electrons. The topological polar surface area (TPSA) is 71.3 Å².